The van der Waals surface area contributed by atoms with Crippen LogP contribution in [0.25, 0.3) is 6.08 Å². The van der Waals surface area contributed by atoms with E-state index in [1.54, 1.807) is 135 Å². The Morgan fingerprint density at radius 1 is 0.694 bits per heavy atom. The van der Waals surface area contributed by atoms with Crippen LogP contribution in [0.1, 0.15) is 47.8 Å². The number of anilines is 2. The lowest BCUT2D eigenvalue weighted by Crippen LogP contribution is -2.30. The highest BCUT2D eigenvalue weighted by molar-refractivity contribution is 8.00. The van der Waals surface area contributed by atoms with Crippen molar-refractivity contribution in [2.24, 2.45) is 0 Å². The average molecular weight is 668 g/mol. The molecule has 1 aliphatic rings. The molecule has 0 fully saturated rings. The number of ketones is 2. The van der Waals surface area contributed by atoms with E-state index in [-0.39, 0.29) is 45.7 Å². The van der Waals surface area contributed by atoms with Crippen LogP contribution in [0.4, 0.5) is 11.4 Å². The van der Waals surface area contributed by atoms with Crippen LogP contribution in [-0.2, 0) is 9.59 Å². The molecular formula is C39H29N3O6S. The summed E-state index contributed by atoms with van der Waals surface area (Å²) in [6, 6.07) is 34.0. The first-order chi connectivity index (χ1) is 23.8. The topological polar surface area (TPSA) is 131 Å². The van der Waals surface area contributed by atoms with Gasteiger partial charge < -0.3 is 20.7 Å². The predicted octanol–water partition coefficient (Wildman–Crippen LogP) is 6.61. The van der Waals surface area contributed by atoms with Crippen molar-refractivity contribution < 1.29 is 28.7 Å². The van der Waals surface area contributed by atoms with Crippen LogP contribution < -0.4 is 20.7 Å². The van der Waals surface area contributed by atoms with Gasteiger partial charge in [0.25, 0.3) is 11.8 Å². The molecule has 0 aliphatic heterocycles. The molecule has 0 heterocycles. The van der Waals surface area contributed by atoms with Gasteiger partial charge in [-0.2, -0.15) is 0 Å². The monoisotopic (exact) mass is 667 g/mol. The second kappa shape index (κ2) is 14.7. The van der Waals surface area contributed by atoms with Gasteiger partial charge in [-0.05, 0) is 66.2 Å². The van der Waals surface area contributed by atoms with E-state index in [4.69, 9.17) is 4.74 Å². The van der Waals surface area contributed by atoms with Crippen molar-refractivity contribution in [3.63, 3.8) is 0 Å². The van der Waals surface area contributed by atoms with E-state index >= 15 is 0 Å². The van der Waals surface area contributed by atoms with Gasteiger partial charge in [-0.3, -0.25) is 24.0 Å². The third-order valence-corrected chi connectivity index (χ3v) is 8.68. The lowest BCUT2D eigenvalue weighted by atomic mass is 9.83. The number of hydrogen-bond donors (Lipinski definition) is 3. The quantitative estimate of drug-likeness (QED) is 0.111. The number of carbonyl (C=O) groups is 5. The SMILES string of the molecule is COc1ccc(/C=C(\NC(=O)c2ccccc2)C(=O)Nc2ccc(SCC(=O)Nc3cccc4c3C(=O)c3ccccc3C4=O)cc2)cc1. The van der Waals surface area contributed by atoms with Gasteiger partial charge in [-0.15, -0.1) is 11.8 Å². The predicted molar refractivity (Wildman–Crippen MR) is 189 cm³/mol. The van der Waals surface area contributed by atoms with Gasteiger partial charge in [0.05, 0.1) is 24.1 Å². The summed E-state index contributed by atoms with van der Waals surface area (Å²) in [4.78, 5) is 66.3. The molecule has 0 saturated carbocycles. The Bertz CT molecular complexity index is 2110. The number of benzene rings is 5. The van der Waals surface area contributed by atoms with Crippen molar-refractivity contribution >= 4 is 58.5 Å². The maximum absolute atomic E-state index is 13.4. The smallest absolute Gasteiger partial charge is 0.272 e. The Kier molecular flexibility index (Phi) is 9.78. The van der Waals surface area contributed by atoms with Crippen molar-refractivity contribution in [2.45, 2.75) is 4.90 Å². The largest absolute Gasteiger partial charge is 0.497 e. The maximum atomic E-state index is 13.4. The number of methoxy groups -OCH3 is 1. The van der Waals surface area contributed by atoms with E-state index in [0.717, 1.165) is 4.90 Å². The lowest BCUT2D eigenvalue weighted by Gasteiger charge is -2.20. The van der Waals surface area contributed by atoms with Crippen molar-refractivity contribution in [1.29, 1.82) is 0 Å². The fourth-order valence-corrected chi connectivity index (χ4v) is 5.92. The van der Waals surface area contributed by atoms with Crippen LogP contribution in [0.2, 0.25) is 0 Å². The molecule has 0 radical (unpaired) electrons. The summed E-state index contributed by atoms with van der Waals surface area (Å²) in [5.74, 6) is -1.19. The Morgan fingerprint density at radius 3 is 2.04 bits per heavy atom. The van der Waals surface area contributed by atoms with Gasteiger partial charge in [-0.25, -0.2) is 0 Å². The zero-order chi connectivity index (χ0) is 34.3. The van der Waals surface area contributed by atoms with Gasteiger partial charge in [0.1, 0.15) is 11.4 Å². The molecule has 10 heteroatoms. The first-order valence-electron chi connectivity index (χ1n) is 15.2. The second-order valence-corrected chi connectivity index (χ2v) is 11.9. The Hall–Kier alpha value is -6.26. The molecule has 1 aliphatic carbocycles. The molecule has 9 nitrogen and oxygen atoms in total. The van der Waals surface area contributed by atoms with Crippen LogP contribution in [-0.4, -0.2) is 42.2 Å². The highest BCUT2D eigenvalue weighted by atomic mass is 32.2. The summed E-state index contributed by atoms with van der Waals surface area (Å²) < 4.78 is 5.21. The summed E-state index contributed by atoms with van der Waals surface area (Å²) >= 11 is 1.26. The van der Waals surface area contributed by atoms with Gasteiger partial charge >= 0.3 is 0 Å². The standard InChI is InChI=1S/C39H29N3O6S/c1-48-27-18-14-24(15-19-27)22-33(42-38(46)25-8-3-2-4-9-25)39(47)40-26-16-20-28(21-17-26)49-23-34(43)41-32-13-7-12-31-35(32)37(45)30-11-6-5-10-29(30)36(31)44/h2-22H,23H2,1H3,(H,40,47)(H,41,43)(H,42,46)/b33-22-. The molecule has 0 atom stereocenters. The zero-order valence-electron chi connectivity index (χ0n) is 26.2. The Morgan fingerprint density at radius 2 is 1.35 bits per heavy atom. The number of hydrogen-bond acceptors (Lipinski definition) is 7. The van der Waals surface area contributed by atoms with Crippen molar-refractivity contribution in [3.8, 4) is 5.75 Å². The lowest BCUT2D eigenvalue weighted by molar-refractivity contribution is -0.114. The molecule has 0 saturated heterocycles. The number of nitrogens with one attached hydrogen (secondary N) is 3. The Balaban J connectivity index is 1.10. The van der Waals surface area contributed by atoms with Crippen molar-refractivity contribution in [3.05, 3.63) is 160 Å². The number of fused-ring (bicyclic) bond motifs is 2. The molecule has 3 N–H and O–H groups in total. The third-order valence-electron chi connectivity index (χ3n) is 7.66. The van der Waals surface area contributed by atoms with Crippen LogP contribution in [0.5, 0.6) is 5.75 Å². The van der Waals surface area contributed by atoms with E-state index in [9.17, 15) is 24.0 Å². The van der Waals surface area contributed by atoms with Gasteiger partial charge in [0.2, 0.25) is 5.91 Å². The molecule has 0 aromatic heterocycles. The van der Waals surface area contributed by atoms with E-state index in [2.05, 4.69) is 16.0 Å². The highest BCUT2D eigenvalue weighted by Gasteiger charge is 2.31. The van der Waals surface area contributed by atoms with Gasteiger partial charge in [-0.1, -0.05) is 66.7 Å². The van der Waals surface area contributed by atoms with Gasteiger partial charge in [0.15, 0.2) is 11.6 Å². The van der Waals surface area contributed by atoms with E-state index < -0.39 is 11.8 Å². The number of rotatable bonds is 10. The maximum Gasteiger partial charge on any atom is 0.272 e. The zero-order valence-corrected chi connectivity index (χ0v) is 27.0. The van der Waals surface area contributed by atoms with Crippen LogP contribution in [0.15, 0.2) is 132 Å². The molecule has 0 bridgehead atoms. The normalized spacial score (nSPS) is 12.0. The molecule has 242 valence electrons. The minimum Gasteiger partial charge on any atom is -0.497 e. The minimum absolute atomic E-state index is 0.0361. The number of ether oxygens (including phenoxy) is 1. The van der Waals surface area contributed by atoms with Crippen LogP contribution in [0, 0.1) is 0 Å². The fraction of sp³-hybridized carbons (Fsp3) is 0.0513. The van der Waals surface area contributed by atoms with Gasteiger partial charge in [0, 0.05) is 32.8 Å². The van der Waals surface area contributed by atoms with Crippen LogP contribution in [0.3, 0.4) is 0 Å². The van der Waals surface area contributed by atoms with Crippen molar-refractivity contribution in [1.82, 2.24) is 5.32 Å². The highest BCUT2D eigenvalue weighted by Crippen LogP contribution is 2.32. The molecule has 0 spiro atoms. The average Bonchev–Trinajstić information content (AvgIpc) is 3.14. The number of amides is 3. The van der Waals surface area contributed by atoms with E-state index in [0.29, 0.717) is 33.7 Å². The molecule has 49 heavy (non-hydrogen) atoms. The fourth-order valence-electron chi connectivity index (χ4n) is 5.23. The summed E-state index contributed by atoms with van der Waals surface area (Å²) in [6.45, 7) is 0. The first kappa shape index (κ1) is 32.7. The minimum atomic E-state index is -0.526. The summed E-state index contributed by atoms with van der Waals surface area (Å²) in [6.07, 6.45) is 1.57. The van der Waals surface area contributed by atoms with E-state index in [1.165, 1.54) is 11.8 Å². The van der Waals surface area contributed by atoms with Crippen LogP contribution >= 0.6 is 11.8 Å². The molecule has 6 rings (SSSR count). The number of thioether (sulfide) groups is 1. The molecule has 5 aromatic rings. The summed E-state index contributed by atoms with van der Waals surface area (Å²) in [7, 11) is 1.56. The molecule has 0 unspecified atom stereocenters. The molecule has 5 aromatic carbocycles. The summed E-state index contributed by atoms with van der Waals surface area (Å²) in [5.41, 5.74) is 2.99. The second-order valence-electron chi connectivity index (χ2n) is 10.9. The molecule has 3 amide bonds. The number of carbonyl (C=O) groups excluding carboxylic acids is 5. The van der Waals surface area contributed by atoms with E-state index in [1.807, 2.05) is 0 Å². The van der Waals surface area contributed by atoms with Crippen molar-refractivity contribution in [2.75, 3.05) is 23.5 Å². The molecular weight excluding hydrogens is 639 g/mol. The Labute approximate surface area is 286 Å². The third kappa shape index (κ3) is 7.50. The first-order valence-corrected chi connectivity index (χ1v) is 16.2. The summed E-state index contributed by atoms with van der Waals surface area (Å²) in [5, 5.41) is 8.32.